The van der Waals surface area contributed by atoms with Gasteiger partial charge < -0.3 is 5.32 Å². The Bertz CT molecular complexity index is 829. The molecule has 0 atom stereocenters. The molecule has 1 aromatic carbocycles. The second-order valence-corrected chi connectivity index (χ2v) is 5.95. The number of aryl methyl sites for hydroxylation is 1. The molecule has 0 aliphatic rings. The number of carbonyl (C=O) groups is 1. The van der Waals surface area contributed by atoms with Crippen LogP contribution in [0.2, 0.25) is 0 Å². The monoisotopic (exact) mass is 346 g/mol. The van der Waals surface area contributed by atoms with Gasteiger partial charge in [-0.15, -0.1) is 10.2 Å². The van der Waals surface area contributed by atoms with Crippen LogP contribution in [0, 0.1) is 5.82 Å². The molecule has 7 nitrogen and oxygen atoms in total. The lowest BCUT2D eigenvalue weighted by atomic mass is 10.3. The number of anilines is 1. The molecule has 0 radical (unpaired) electrons. The number of benzene rings is 1. The third-order valence-electron chi connectivity index (χ3n) is 3.16. The minimum Gasteiger partial charge on any atom is -0.332 e. The summed E-state index contributed by atoms with van der Waals surface area (Å²) < 4.78 is 14.5. The fourth-order valence-electron chi connectivity index (χ4n) is 1.95. The molecule has 0 saturated carbocycles. The zero-order valence-corrected chi connectivity index (χ0v) is 13.7. The van der Waals surface area contributed by atoms with E-state index in [0.29, 0.717) is 10.8 Å². The van der Waals surface area contributed by atoms with Crippen molar-refractivity contribution in [3.8, 4) is 5.69 Å². The van der Waals surface area contributed by atoms with Crippen LogP contribution in [0.5, 0.6) is 0 Å². The quantitative estimate of drug-likeness (QED) is 0.744. The molecule has 0 unspecified atom stereocenters. The Morgan fingerprint density at radius 3 is 2.75 bits per heavy atom. The number of halogens is 1. The van der Waals surface area contributed by atoms with E-state index in [2.05, 4.69) is 25.9 Å². The van der Waals surface area contributed by atoms with E-state index < -0.39 is 0 Å². The van der Waals surface area contributed by atoms with Crippen molar-refractivity contribution < 1.29 is 9.18 Å². The highest BCUT2D eigenvalue weighted by Gasteiger charge is 2.08. The minimum atomic E-state index is -0.370. The van der Waals surface area contributed by atoms with Crippen LogP contribution in [-0.2, 0) is 13.0 Å². The molecule has 0 saturated heterocycles. The second-order valence-electron chi connectivity index (χ2n) is 4.89. The van der Waals surface area contributed by atoms with Gasteiger partial charge in [-0.3, -0.25) is 5.32 Å². The summed E-state index contributed by atoms with van der Waals surface area (Å²) in [5.41, 5.74) is 1.43. The van der Waals surface area contributed by atoms with E-state index in [1.165, 1.54) is 23.5 Å². The number of rotatable bonds is 5. The SMILES string of the molecule is CCc1nnc(NC(=O)NCc2ccn(-c3ccc(F)cc3)n2)s1. The molecule has 0 spiro atoms. The van der Waals surface area contributed by atoms with Crippen LogP contribution in [0.1, 0.15) is 17.6 Å². The van der Waals surface area contributed by atoms with Gasteiger partial charge in [0.05, 0.1) is 17.9 Å². The highest BCUT2D eigenvalue weighted by Crippen LogP contribution is 2.15. The lowest BCUT2D eigenvalue weighted by Gasteiger charge is -2.03. The maximum atomic E-state index is 12.9. The molecule has 124 valence electrons. The number of nitrogens with one attached hydrogen (secondary N) is 2. The molecule has 3 aromatic rings. The van der Waals surface area contributed by atoms with Crippen molar-refractivity contribution in [2.45, 2.75) is 19.9 Å². The highest BCUT2D eigenvalue weighted by molar-refractivity contribution is 7.15. The Balaban J connectivity index is 1.55. The van der Waals surface area contributed by atoms with Gasteiger partial charge in [0.2, 0.25) is 5.13 Å². The Morgan fingerprint density at radius 1 is 1.25 bits per heavy atom. The minimum absolute atomic E-state index is 0.263. The molecule has 0 aliphatic carbocycles. The van der Waals surface area contributed by atoms with Crippen molar-refractivity contribution in [3.05, 3.63) is 53.0 Å². The Kier molecular flexibility index (Phi) is 4.80. The van der Waals surface area contributed by atoms with Crippen LogP contribution in [0.4, 0.5) is 14.3 Å². The molecule has 24 heavy (non-hydrogen) atoms. The molecule has 9 heteroatoms. The largest absolute Gasteiger partial charge is 0.332 e. The summed E-state index contributed by atoms with van der Waals surface area (Å²) in [7, 11) is 0. The van der Waals surface area contributed by atoms with Crippen LogP contribution in [0.3, 0.4) is 0 Å². The van der Waals surface area contributed by atoms with E-state index >= 15 is 0 Å². The summed E-state index contributed by atoms with van der Waals surface area (Å²) >= 11 is 1.34. The van der Waals surface area contributed by atoms with E-state index in [-0.39, 0.29) is 18.4 Å². The zero-order valence-electron chi connectivity index (χ0n) is 12.9. The first-order valence-electron chi connectivity index (χ1n) is 7.32. The lowest BCUT2D eigenvalue weighted by molar-refractivity contribution is 0.251. The fourth-order valence-corrected chi connectivity index (χ4v) is 2.63. The summed E-state index contributed by atoms with van der Waals surface area (Å²) in [5, 5.41) is 18.8. The van der Waals surface area contributed by atoms with Gasteiger partial charge in [0.1, 0.15) is 10.8 Å². The van der Waals surface area contributed by atoms with Crippen LogP contribution in [0.15, 0.2) is 36.5 Å². The summed E-state index contributed by atoms with van der Waals surface area (Å²) in [5.74, 6) is -0.299. The predicted octanol–water partition coefficient (Wildman–Crippen LogP) is 2.75. The van der Waals surface area contributed by atoms with Gasteiger partial charge in [0, 0.05) is 6.20 Å². The van der Waals surface area contributed by atoms with Gasteiger partial charge in [-0.25, -0.2) is 13.9 Å². The van der Waals surface area contributed by atoms with E-state index in [0.717, 1.165) is 17.1 Å². The third kappa shape index (κ3) is 3.93. The Labute approximate surface area is 141 Å². The predicted molar refractivity (Wildman–Crippen MR) is 88.7 cm³/mol. The van der Waals surface area contributed by atoms with Crippen molar-refractivity contribution in [2.24, 2.45) is 0 Å². The molecule has 0 fully saturated rings. The number of nitrogens with zero attached hydrogens (tertiary/aromatic N) is 4. The van der Waals surface area contributed by atoms with Gasteiger partial charge in [0.15, 0.2) is 0 Å². The fraction of sp³-hybridized carbons (Fsp3) is 0.200. The Morgan fingerprint density at radius 2 is 2.04 bits per heavy atom. The average molecular weight is 346 g/mol. The summed E-state index contributed by atoms with van der Waals surface area (Å²) in [4.78, 5) is 11.8. The molecule has 3 rings (SSSR count). The van der Waals surface area contributed by atoms with Gasteiger partial charge in [0.25, 0.3) is 0 Å². The maximum Gasteiger partial charge on any atom is 0.321 e. The van der Waals surface area contributed by atoms with Crippen LogP contribution in [-0.4, -0.2) is 26.0 Å². The van der Waals surface area contributed by atoms with Crippen molar-refractivity contribution in [2.75, 3.05) is 5.32 Å². The number of urea groups is 1. The lowest BCUT2D eigenvalue weighted by Crippen LogP contribution is -2.28. The van der Waals surface area contributed by atoms with Crippen LogP contribution >= 0.6 is 11.3 Å². The summed E-state index contributed by atoms with van der Waals surface area (Å²) in [6.07, 6.45) is 2.53. The van der Waals surface area contributed by atoms with Crippen LogP contribution < -0.4 is 10.6 Å². The van der Waals surface area contributed by atoms with E-state index in [9.17, 15) is 9.18 Å². The Hall–Kier alpha value is -2.81. The van der Waals surface area contributed by atoms with Crippen molar-refractivity contribution >= 4 is 22.5 Å². The molecule has 2 amide bonds. The first kappa shape index (κ1) is 16.1. The first-order chi connectivity index (χ1) is 11.6. The maximum absolute atomic E-state index is 12.9. The number of amides is 2. The van der Waals surface area contributed by atoms with E-state index in [1.54, 1.807) is 29.1 Å². The number of carbonyl (C=O) groups excluding carboxylic acids is 1. The topological polar surface area (TPSA) is 84.7 Å². The van der Waals surface area contributed by atoms with Crippen molar-refractivity contribution in [1.82, 2.24) is 25.3 Å². The normalized spacial score (nSPS) is 10.6. The molecule has 2 N–H and O–H groups in total. The number of aromatic nitrogens is 4. The first-order valence-corrected chi connectivity index (χ1v) is 8.13. The summed E-state index contributed by atoms with van der Waals surface area (Å²) in [6.45, 7) is 2.24. The standard InChI is InChI=1S/C15H15FN6OS/c1-2-13-19-20-15(24-13)18-14(23)17-9-11-7-8-22(21-11)12-5-3-10(16)4-6-12/h3-8H,2,9H2,1H3,(H2,17,18,20,23). The van der Waals surface area contributed by atoms with E-state index in [1.807, 2.05) is 6.92 Å². The summed E-state index contributed by atoms with van der Waals surface area (Å²) in [6, 6.07) is 7.42. The van der Waals surface area contributed by atoms with Crippen LogP contribution in [0.25, 0.3) is 5.69 Å². The zero-order chi connectivity index (χ0) is 16.9. The van der Waals surface area contributed by atoms with Gasteiger partial charge >= 0.3 is 6.03 Å². The third-order valence-corrected chi connectivity index (χ3v) is 4.14. The van der Waals surface area contributed by atoms with Gasteiger partial charge in [-0.2, -0.15) is 5.10 Å². The smallest absolute Gasteiger partial charge is 0.321 e. The molecule has 0 bridgehead atoms. The van der Waals surface area contributed by atoms with E-state index in [4.69, 9.17) is 0 Å². The second kappa shape index (κ2) is 7.18. The average Bonchev–Trinajstić information content (AvgIpc) is 3.23. The molecular formula is C15H15FN6OS. The molecule has 0 aliphatic heterocycles. The molecule has 2 aromatic heterocycles. The van der Waals surface area contributed by atoms with Crippen molar-refractivity contribution in [3.63, 3.8) is 0 Å². The van der Waals surface area contributed by atoms with Crippen molar-refractivity contribution in [1.29, 1.82) is 0 Å². The van der Waals surface area contributed by atoms with Gasteiger partial charge in [-0.05, 0) is 36.8 Å². The highest BCUT2D eigenvalue weighted by atomic mass is 32.1. The molecular weight excluding hydrogens is 331 g/mol. The number of hydrogen-bond acceptors (Lipinski definition) is 5. The van der Waals surface area contributed by atoms with Gasteiger partial charge in [-0.1, -0.05) is 18.3 Å². The molecule has 2 heterocycles. The number of hydrogen-bond donors (Lipinski definition) is 2.